The van der Waals surface area contributed by atoms with Crippen molar-refractivity contribution < 1.29 is 14.3 Å². The van der Waals surface area contributed by atoms with Crippen molar-refractivity contribution in [2.45, 2.75) is 31.6 Å². The molecule has 0 heterocycles. The van der Waals surface area contributed by atoms with Crippen molar-refractivity contribution in [3.63, 3.8) is 0 Å². The highest BCUT2D eigenvalue weighted by atomic mass is 79.9. The minimum Gasteiger partial charge on any atom is -0.423 e. The summed E-state index contributed by atoms with van der Waals surface area (Å²) in [5.74, 6) is 1.51. The van der Waals surface area contributed by atoms with Crippen molar-refractivity contribution in [3.05, 3.63) is 64.1 Å². The third-order valence-electron chi connectivity index (χ3n) is 4.89. The third kappa shape index (κ3) is 4.93. The Balaban J connectivity index is 1.58. The third-order valence-corrected chi connectivity index (χ3v) is 5.42. The molecule has 1 saturated carbocycles. The molecule has 0 spiro atoms. The molecule has 25 heavy (non-hydrogen) atoms. The predicted octanol–water partition coefficient (Wildman–Crippen LogP) is 5.59. The zero-order valence-corrected chi connectivity index (χ0v) is 16.0. The zero-order valence-electron chi connectivity index (χ0n) is 14.4. The van der Waals surface area contributed by atoms with E-state index in [4.69, 9.17) is 9.47 Å². The molecule has 0 atom stereocenters. The summed E-state index contributed by atoms with van der Waals surface area (Å²) in [4.78, 5) is 12.3. The lowest BCUT2D eigenvalue weighted by Gasteiger charge is -2.28. The predicted molar refractivity (Wildman–Crippen MR) is 102 cm³/mol. The first kappa shape index (κ1) is 18.2. The summed E-state index contributed by atoms with van der Waals surface area (Å²) >= 11 is 3.37. The summed E-state index contributed by atoms with van der Waals surface area (Å²) in [6.07, 6.45) is 4.81. The van der Waals surface area contributed by atoms with E-state index in [2.05, 4.69) is 28.1 Å². The summed E-state index contributed by atoms with van der Waals surface area (Å²) in [6, 6.07) is 15.1. The maximum Gasteiger partial charge on any atom is 0.343 e. The van der Waals surface area contributed by atoms with Crippen molar-refractivity contribution in [2.24, 2.45) is 5.92 Å². The summed E-state index contributed by atoms with van der Waals surface area (Å²) in [7, 11) is 1.78. The quantitative estimate of drug-likeness (QED) is 0.482. The maximum atomic E-state index is 12.3. The molecule has 0 radical (unpaired) electrons. The minimum absolute atomic E-state index is 0.322. The van der Waals surface area contributed by atoms with Gasteiger partial charge in [0.15, 0.2) is 0 Å². The van der Waals surface area contributed by atoms with Gasteiger partial charge < -0.3 is 9.47 Å². The van der Waals surface area contributed by atoms with Gasteiger partial charge in [-0.1, -0.05) is 28.1 Å². The maximum absolute atomic E-state index is 12.3. The molecule has 132 valence electrons. The fraction of sp³-hybridized carbons (Fsp3) is 0.381. The van der Waals surface area contributed by atoms with Crippen LogP contribution in [0.3, 0.4) is 0 Å². The molecule has 0 N–H and O–H groups in total. The van der Waals surface area contributed by atoms with E-state index in [-0.39, 0.29) is 5.97 Å². The highest BCUT2D eigenvalue weighted by Crippen LogP contribution is 2.35. The number of carbonyl (C=O) groups excluding carboxylic acids is 1. The van der Waals surface area contributed by atoms with Crippen LogP contribution in [0.1, 0.15) is 47.5 Å². The van der Waals surface area contributed by atoms with Gasteiger partial charge in [-0.15, -0.1) is 0 Å². The van der Waals surface area contributed by atoms with Crippen molar-refractivity contribution in [1.29, 1.82) is 0 Å². The lowest BCUT2D eigenvalue weighted by atomic mass is 9.79. The van der Waals surface area contributed by atoms with Gasteiger partial charge in [0.2, 0.25) is 0 Å². The number of hydrogen-bond acceptors (Lipinski definition) is 3. The first-order valence-corrected chi connectivity index (χ1v) is 9.51. The van der Waals surface area contributed by atoms with Gasteiger partial charge in [0, 0.05) is 18.2 Å². The van der Waals surface area contributed by atoms with E-state index < -0.39 is 0 Å². The zero-order chi connectivity index (χ0) is 17.6. The van der Waals surface area contributed by atoms with E-state index in [1.807, 2.05) is 24.3 Å². The molecule has 0 bridgehead atoms. The van der Waals surface area contributed by atoms with Gasteiger partial charge in [-0.3, -0.25) is 0 Å². The standard InChI is InChI=1S/C21H23BrO3/c1-24-14-15-2-4-16(5-3-15)17-6-8-18(9-7-17)21(23)25-20-12-10-19(22)11-13-20/h6-13,15-16H,2-5,14H2,1H3/t15-,16-. The van der Waals surface area contributed by atoms with Crippen LogP contribution in [0.4, 0.5) is 0 Å². The van der Waals surface area contributed by atoms with Crippen LogP contribution in [0.2, 0.25) is 0 Å². The molecule has 1 aliphatic rings. The number of esters is 1. The van der Waals surface area contributed by atoms with E-state index in [0.717, 1.165) is 11.1 Å². The summed E-state index contributed by atoms with van der Waals surface area (Å²) in [5.41, 5.74) is 1.90. The molecule has 3 rings (SSSR count). The van der Waals surface area contributed by atoms with Gasteiger partial charge in [0.05, 0.1) is 5.56 Å². The van der Waals surface area contributed by atoms with Crippen molar-refractivity contribution in [3.8, 4) is 5.75 Å². The topological polar surface area (TPSA) is 35.5 Å². The second-order valence-corrected chi connectivity index (χ2v) is 7.55. The number of carbonyl (C=O) groups is 1. The molecule has 2 aromatic rings. The Labute approximate surface area is 157 Å². The summed E-state index contributed by atoms with van der Waals surface area (Å²) in [5, 5.41) is 0. The average molecular weight is 403 g/mol. The van der Waals surface area contributed by atoms with Crippen LogP contribution in [-0.4, -0.2) is 19.7 Å². The average Bonchev–Trinajstić information content (AvgIpc) is 2.65. The smallest absolute Gasteiger partial charge is 0.343 e. The second kappa shape index (κ2) is 8.63. The monoisotopic (exact) mass is 402 g/mol. The molecule has 3 nitrogen and oxygen atoms in total. The fourth-order valence-corrected chi connectivity index (χ4v) is 3.72. The molecule has 4 heteroatoms. The van der Waals surface area contributed by atoms with Gasteiger partial charge in [-0.05, 0) is 79.5 Å². The Morgan fingerprint density at radius 1 is 1.00 bits per heavy atom. The number of halogens is 1. The van der Waals surface area contributed by atoms with E-state index in [1.54, 1.807) is 19.2 Å². The largest absolute Gasteiger partial charge is 0.423 e. The van der Waals surface area contributed by atoms with Crippen molar-refractivity contribution in [2.75, 3.05) is 13.7 Å². The van der Waals surface area contributed by atoms with E-state index >= 15 is 0 Å². The Hall–Kier alpha value is -1.65. The Morgan fingerprint density at radius 3 is 2.24 bits per heavy atom. The van der Waals surface area contributed by atoms with Crippen LogP contribution < -0.4 is 4.74 Å². The molecule has 0 saturated heterocycles. The van der Waals surface area contributed by atoms with E-state index in [1.165, 1.54) is 31.2 Å². The lowest BCUT2D eigenvalue weighted by molar-refractivity contribution is 0.0734. The van der Waals surface area contributed by atoms with Crippen molar-refractivity contribution >= 4 is 21.9 Å². The molecule has 2 aromatic carbocycles. The normalized spacial score (nSPS) is 20.2. The Bertz CT molecular complexity index is 686. The second-order valence-electron chi connectivity index (χ2n) is 6.64. The van der Waals surface area contributed by atoms with Gasteiger partial charge in [0.1, 0.15) is 5.75 Å². The Morgan fingerprint density at radius 2 is 1.64 bits per heavy atom. The molecule has 0 amide bonds. The van der Waals surface area contributed by atoms with E-state index in [0.29, 0.717) is 23.1 Å². The van der Waals surface area contributed by atoms with Gasteiger partial charge in [-0.2, -0.15) is 0 Å². The summed E-state index contributed by atoms with van der Waals surface area (Å²) < 4.78 is 11.6. The van der Waals surface area contributed by atoms with Crippen LogP contribution in [0.25, 0.3) is 0 Å². The summed E-state index contributed by atoms with van der Waals surface area (Å²) in [6.45, 7) is 0.869. The van der Waals surface area contributed by atoms with Crippen molar-refractivity contribution in [1.82, 2.24) is 0 Å². The number of rotatable bonds is 5. The fourth-order valence-electron chi connectivity index (χ4n) is 3.46. The first-order chi connectivity index (χ1) is 12.2. The van der Waals surface area contributed by atoms with Crippen LogP contribution in [0, 0.1) is 5.92 Å². The number of hydrogen-bond donors (Lipinski definition) is 0. The SMILES string of the molecule is COC[C@H]1CC[C@H](c2ccc(C(=O)Oc3ccc(Br)cc3)cc2)CC1. The number of ether oxygens (including phenoxy) is 2. The van der Waals surface area contributed by atoms with Crippen LogP contribution in [-0.2, 0) is 4.74 Å². The first-order valence-electron chi connectivity index (χ1n) is 8.72. The molecular weight excluding hydrogens is 380 g/mol. The number of benzene rings is 2. The lowest BCUT2D eigenvalue weighted by Crippen LogP contribution is -2.17. The molecule has 1 aliphatic carbocycles. The van der Waals surface area contributed by atoms with Gasteiger partial charge in [0.25, 0.3) is 0 Å². The number of methoxy groups -OCH3 is 1. The van der Waals surface area contributed by atoms with E-state index in [9.17, 15) is 4.79 Å². The molecular formula is C21H23BrO3. The highest BCUT2D eigenvalue weighted by Gasteiger charge is 2.22. The molecule has 0 aliphatic heterocycles. The van der Waals surface area contributed by atoms with Crippen LogP contribution in [0.5, 0.6) is 5.75 Å². The minimum atomic E-state index is -0.322. The molecule has 1 fully saturated rings. The van der Waals surface area contributed by atoms with Crippen LogP contribution >= 0.6 is 15.9 Å². The Kier molecular flexibility index (Phi) is 6.27. The van der Waals surface area contributed by atoms with Crippen LogP contribution in [0.15, 0.2) is 53.0 Å². The van der Waals surface area contributed by atoms with Gasteiger partial charge in [-0.25, -0.2) is 4.79 Å². The van der Waals surface area contributed by atoms with Gasteiger partial charge >= 0.3 is 5.97 Å². The molecule has 0 aromatic heterocycles. The molecule has 0 unspecified atom stereocenters. The highest BCUT2D eigenvalue weighted by molar-refractivity contribution is 9.10.